The van der Waals surface area contributed by atoms with Crippen LogP contribution in [0.5, 0.6) is 5.75 Å². The molecule has 0 bridgehead atoms. The number of phenols is 1. The number of phenolic OH excluding ortho intramolecular Hbond substituents is 1. The molecular formula is C12H11NO2. The molecule has 1 aromatic heterocycles. The van der Waals surface area contributed by atoms with Crippen molar-refractivity contribution < 1.29 is 9.90 Å². The fourth-order valence-electron chi connectivity index (χ4n) is 1.56. The largest absolute Gasteiger partial charge is 0.506 e. The first kappa shape index (κ1) is 9.65. The van der Waals surface area contributed by atoms with Gasteiger partial charge in [-0.15, -0.1) is 0 Å². The molecule has 76 valence electrons. The Morgan fingerprint density at radius 2 is 2.07 bits per heavy atom. The van der Waals surface area contributed by atoms with Crippen LogP contribution in [-0.4, -0.2) is 15.9 Å². The number of aromatic hydroxyl groups is 1. The van der Waals surface area contributed by atoms with Gasteiger partial charge in [0.05, 0.1) is 0 Å². The third-order valence-electron chi connectivity index (χ3n) is 2.28. The van der Waals surface area contributed by atoms with Gasteiger partial charge in [-0.05, 0) is 30.7 Å². The van der Waals surface area contributed by atoms with E-state index in [-0.39, 0.29) is 11.5 Å². The van der Waals surface area contributed by atoms with Crippen molar-refractivity contribution in [1.82, 2.24) is 4.98 Å². The molecule has 0 unspecified atom stereocenters. The van der Waals surface area contributed by atoms with Gasteiger partial charge in [-0.1, -0.05) is 6.07 Å². The van der Waals surface area contributed by atoms with E-state index in [0.717, 1.165) is 10.9 Å². The summed E-state index contributed by atoms with van der Waals surface area (Å²) in [6.45, 7) is 3.36. The molecule has 0 aliphatic rings. The van der Waals surface area contributed by atoms with Gasteiger partial charge >= 0.3 is 0 Å². The minimum Gasteiger partial charge on any atom is -0.506 e. The topological polar surface area (TPSA) is 50.2 Å². The highest BCUT2D eigenvalue weighted by Gasteiger charge is 2.06. The van der Waals surface area contributed by atoms with Crippen molar-refractivity contribution >= 4 is 16.7 Å². The van der Waals surface area contributed by atoms with Crippen LogP contribution in [0.4, 0.5) is 0 Å². The van der Waals surface area contributed by atoms with Gasteiger partial charge in [0.2, 0.25) is 0 Å². The third-order valence-corrected chi connectivity index (χ3v) is 2.28. The van der Waals surface area contributed by atoms with Gasteiger partial charge in [-0.25, -0.2) is 4.98 Å². The van der Waals surface area contributed by atoms with Crippen LogP contribution in [-0.2, 0) is 0 Å². The van der Waals surface area contributed by atoms with E-state index in [1.54, 1.807) is 18.2 Å². The molecule has 0 amide bonds. The molecule has 1 N–H and O–H groups in total. The van der Waals surface area contributed by atoms with Crippen LogP contribution in [0.1, 0.15) is 23.0 Å². The third kappa shape index (κ3) is 1.68. The summed E-state index contributed by atoms with van der Waals surface area (Å²) >= 11 is 0. The van der Waals surface area contributed by atoms with Crippen molar-refractivity contribution in [3.63, 3.8) is 0 Å². The number of carbonyl (C=O) groups excluding carboxylic acids is 1. The zero-order chi connectivity index (χ0) is 11.0. The number of rotatable bonds is 1. The Bertz CT molecular complexity index is 547. The summed E-state index contributed by atoms with van der Waals surface area (Å²) in [5.74, 6) is 0.0185. The van der Waals surface area contributed by atoms with E-state index >= 15 is 0 Å². The number of pyridine rings is 1. The molecule has 2 rings (SSSR count). The van der Waals surface area contributed by atoms with E-state index in [1.807, 2.05) is 13.0 Å². The Labute approximate surface area is 87.4 Å². The van der Waals surface area contributed by atoms with Crippen molar-refractivity contribution in [2.45, 2.75) is 13.8 Å². The van der Waals surface area contributed by atoms with Crippen molar-refractivity contribution in [1.29, 1.82) is 0 Å². The number of benzene rings is 1. The van der Waals surface area contributed by atoms with Crippen LogP contribution >= 0.6 is 0 Å². The predicted octanol–water partition coefficient (Wildman–Crippen LogP) is 2.45. The highest BCUT2D eigenvalue weighted by atomic mass is 16.3. The smallest absolute Gasteiger partial charge is 0.178 e. The molecule has 0 aliphatic heterocycles. The Hall–Kier alpha value is -1.90. The molecule has 1 heterocycles. The Morgan fingerprint density at radius 3 is 2.73 bits per heavy atom. The summed E-state index contributed by atoms with van der Waals surface area (Å²) in [5, 5.41) is 10.5. The average Bonchev–Trinajstić information content (AvgIpc) is 2.16. The second kappa shape index (κ2) is 3.35. The molecule has 0 spiro atoms. The highest BCUT2D eigenvalue weighted by Crippen LogP contribution is 2.24. The Kier molecular flexibility index (Phi) is 2.15. The van der Waals surface area contributed by atoms with E-state index in [0.29, 0.717) is 11.2 Å². The summed E-state index contributed by atoms with van der Waals surface area (Å²) in [5.41, 5.74) is 1.83. The Morgan fingerprint density at radius 1 is 1.33 bits per heavy atom. The lowest BCUT2D eigenvalue weighted by atomic mass is 10.1. The molecule has 0 atom stereocenters. The number of aromatic nitrogens is 1. The second-order valence-corrected chi connectivity index (χ2v) is 3.61. The molecule has 15 heavy (non-hydrogen) atoms. The maximum absolute atomic E-state index is 11.1. The van der Waals surface area contributed by atoms with Crippen LogP contribution in [0.3, 0.4) is 0 Å². The SMILES string of the molecule is CC(=O)c1ccc2cc(C)cc(O)c2n1. The molecule has 2 aromatic rings. The molecule has 0 saturated heterocycles. The van der Waals surface area contributed by atoms with E-state index in [9.17, 15) is 9.90 Å². The van der Waals surface area contributed by atoms with E-state index in [4.69, 9.17) is 0 Å². The highest BCUT2D eigenvalue weighted by molar-refractivity contribution is 5.95. The predicted molar refractivity (Wildman–Crippen MR) is 58.1 cm³/mol. The summed E-state index contributed by atoms with van der Waals surface area (Å²) in [4.78, 5) is 15.2. The first-order valence-electron chi connectivity index (χ1n) is 4.69. The lowest BCUT2D eigenvalue weighted by molar-refractivity contribution is 0.101. The average molecular weight is 201 g/mol. The zero-order valence-corrected chi connectivity index (χ0v) is 8.61. The molecule has 0 saturated carbocycles. The van der Waals surface area contributed by atoms with E-state index in [1.165, 1.54) is 6.92 Å². The number of nitrogens with zero attached hydrogens (tertiary/aromatic N) is 1. The summed E-state index contributed by atoms with van der Waals surface area (Å²) in [6, 6.07) is 7.03. The number of aryl methyl sites for hydroxylation is 1. The molecule has 1 aromatic carbocycles. The molecule has 3 nitrogen and oxygen atoms in total. The van der Waals surface area contributed by atoms with Crippen molar-refractivity contribution in [3.8, 4) is 5.75 Å². The number of hydrogen-bond acceptors (Lipinski definition) is 3. The van der Waals surface area contributed by atoms with Crippen molar-refractivity contribution in [2.75, 3.05) is 0 Å². The van der Waals surface area contributed by atoms with Crippen LogP contribution in [0.25, 0.3) is 10.9 Å². The van der Waals surface area contributed by atoms with Gasteiger partial charge < -0.3 is 5.11 Å². The maximum Gasteiger partial charge on any atom is 0.178 e. The molecular weight excluding hydrogens is 190 g/mol. The quantitative estimate of drug-likeness (QED) is 0.721. The first-order valence-corrected chi connectivity index (χ1v) is 4.69. The minimum atomic E-state index is -0.100. The minimum absolute atomic E-state index is 0.100. The Balaban J connectivity index is 2.76. The molecule has 3 heteroatoms. The van der Waals surface area contributed by atoms with Crippen LogP contribution in [0, 0.1) is 6.92 Å². The number of Topliss-reactive ketones (excluding diaryl/α,β-unsaturated/α-hetero) is 1. The lowest BCUT2D eigenvalue weighted by Crippen LogP contribution is -1.96. The van der Waals surface area contributed by atoms with Gasteiger partial charge in [-0.3, -0.25) is 4.79 Å². The van der Waals surface area contributed by atoms with Gasteiger partial charge in [0.1, 0.15) is 17.0 Å². The summed E-state index contributed by atoms with van der Waals surface area (Å²) in [6.07, 6.45) is 0. The van der Waals surface area contributed by atoms with Crippen LogP contribution in [0.2, 0.25) is 0 Å². The maximum atomic E-state index is 11.1. The van der Waals surface area contributed by atoms with Crippen molar-refractivity contribution in [2.24, 2.45) is 0 Å². The fourth-order valence-corrected chi connectivity index (χ4v) is 1.56. The lowest BCUT2D eigenvalue weighted by Gasteiger charge is -2.03. The number of fused-ring (bicyclic) bond motifs is 1. The zero-order valence-electron chi connectivity index (χ0n) is 8.61. The van der Waals surface area contributed by atoms with Gasteiger partial charge in [0, 0.05) is 12.3 Å². The fraction of sp³-hybridized carbons (Fsp3) is 0.167. The number of hydrogen-bond donors (Lipinski definition) is 1. The standard InChI is InChI=1S/C12H11NO2/c1-7-5-9-3-4-10(8(2)14)13-12(9)11(15)6-7/h3-6,15H,1-2H3. The monoisotopic (exact) mass is 201 g/mol. The van der Waals surface area contributed by atoms with Crippen molar-refractivity contribution in [3.05, 3.63) is 35.5 Å². The normalized spacial score (nSPS) is 10.5. The van der Waals surface area contributed by atoms with Gasteiger partial charge in [0.15, 0.2) is 5.78 Å². The molecule has 0 aliphatic carbocycles. The molecule has 0 radical (unpaired) electrons. The van der Waals surface area contributed by atoms with Crippen LogP contribution in [0.15, 0.2) is 24.3 Å². The van der Waals surface area contributed by atoms with E-state index in [2.05, 4.69) is 4.98 Å². The molecule has 0 fully saturated rings. The summed E-state index contributed by atoms with van der Waals surface area (Å²) in [7, 11) is 0. The number of carbonyl (C=O) groups is 1. The second-order valence-electron chi connectivity index (χ2n) is 3.61. The van der Waals surface area contributed by atoms with Gasteiger partial charge in [0.25, 0.3) is 0 Å². The summed E-state index contributed by atoms with van der Waals surface area (Å²) < 4.78 is 0. The number of ketones is 1. The van der Waals surface area contributed by atoms with Crippen LogP contribution < -0.4 is 0 Å². The van der Waals surface area contributed by atoms with E-state index < -0.39 is 0 Å². The van der Waals surface area contributed by atoms with Gasteiger partial charge in [-0.2, -0.15) is 0 Å². The first-order chi connectivity index (χ1) is 7.08.